The number of hydrogen-bond acceptors (Lipinski definition) is 6. The minimum absolute atomic E-state index is 0. The van der Waals surface area contributed by atoms with Gasteiger partial charge >= 0.3 is 0 Å². The van der Waals surface area contributed by atoms with Gasteiger partial charge in [-0.15, -0.1) is 0 Å². The zero-order chi connectivity index (χ0) is 14.8. The molecule has 0 radical (unpaired) electrons. The van der Waals surface area contributed by atoms with Gasteiger partial charge < -0.3 is 11.1 Å². The predicted molar refractivity (Wildman–Crippen MR) is 98.6 cm³/mol. The van der Waals surface area contributed by atoms with Gasteiger partial charge in [0.2, 0.25) is 10.0 Å². The lowest BCUT2D eigenvalue weighted by Gasteiger charge is -2.23. The van der Waals surface area contributed by atoms with Crippen molar-refractivity contribution < 1.29 is 8.42 Å². The summed E-state index contributed by atoms with van der Waals surface area (Å²) in [5.41, 5.74) is 6.07. The van der Waals surface area contributed by atoms with Crippen molar-refractivity contribution in [3.05, 3.63) is 24.3 Å². The molecule has 7 nitrogen and oxygen atoms in total. The van der Waals surface area contributed by atoms with E-state index in [-0.39, 0.29) is 22.3 Å². The summed E-state index contributed by atoms with van der Waals surface area (Å²) in [5.74, 6) is 0. The van der Waals surface area contributed by atoms with Crippen LogP contribution in [-0.2, 0) is 16.6 Å². The van der Waals surface area contributed by atoms with Crippen molar-refractivity contribution >= 4 is 10.0 Å². The van der Waals surface area contributed by atoms with Gasteiger partial charge in [-0.3, -0.25) is 9.97 Å². The monoisotopic (exact) mass is 349 g/mol. The molecular weight excluding hydrogens is 314 g/mol. The maximum atomic E-state index is 10.7. The van der Waals surface area contributed by atoms with Crippen LogP contribution in [0.4, 0.5) is 0 Å². The number of hydrogen-bond donors (Lipinski definition) is 3. The maximum Gasteiger partial charge on any atom is 0.208 e. The van der Waals surface area contributed by atoms with Crippen molar-refractivity contribution in [2.24, 2.45) is 5.73 Å². The first kappa shape index (κ1) is 26.8. The first-order chi connectivity index (χ1) is 9.51. The molecule has 2 rings (SSSR count). The molecule has 1 aliphatic heterocycles. The Balaban J connectivity index is -0.000000325. The first-order valence-electron chi connectivity index (χ1n) is 6.64. The van der Waals surface area contributed by atoms with E-state index in [1.807, 2.05) is 0 Å². The van der Waals surface area contributed by atoms with Gasteiger partial charge in [0, 0.05) is 37.7 Å². The van der Waals surface area contributed by atoms with Gasteiger partial charge in [-0.05, 0) is 19.4 Å². The molecule has 0 bridgehead atoms. The van der Waals surface area contributed by atoms with Crippen LogP contribution in [0.5, 0.6) is 0 Å². The molecule has 23 heavy (non-hydrogen) atoms. The average Bonchev–Trinajstić information content (AvgIpc) is 2.47. The molecule has 0 spiro atoms. The molecule has 2 heterocycles. The van der Waals surface area contributed by atoms with E-state index in [9.17, 15) is 8.42 Å². The van der Waals surface area contributed by atoms with Crippen molar-refractivity contribution in [2.45, 2.75) is 54.1 Å². The summed E-state index contributed by atoms with van der Waals surface area (Å²) in [5, 5.41) is 3.26. The first-order valence-corrected chi connectivity index (χ1v) is 8.53. The fourth-order valence-corrected chi connectivity index (χ4v) is 2.29. The summed E-state index contributed by atoms with van der Waals surface area (Å²) in [4.78, 5) is 7.72. The van der Waals surface area contributed by atoms with Crippen LogP contribution in [0.15, 0.2) is 18.6 Å². The fourth-order valence-electron chi connectivity index (χ4n) is 1.79. The lowest BCUT2D eigenvalue weighted by Crippen LogP contribution is -2.43. The molecule has 1 aliphatic rings. The number of sulfonamides is 1. The summed E-state index contributed by atoms with van der Waals surface area (Å²) in [6.07, 6.45) is 9.57. The van der Waals surface area contributed by atoms with Crippen molar-refractivity contribution in [3.63, 3.8) is 0 Å². The Morgan fingerprint density at radius 1 is 1.30 bits per heavy atom. The van der Waals surface area contributed by atoms with Crippen LogP contribution in [-0.4, -0.2) is 43.8 Å². The zero-order valence-corrected chi connectivity index (χ0v) is 12.6. The van der Waals surface area contributed by atoms with E-state index in [1.54, 1.807) is 18.6 Å². The lowest BCUT2D eigenvalue weighted by atomic mass is 10.1. The standard InChI is InChI=1S/C7H16N2O2S.C5H7N3.3CH4/c1-12(10,11)9-6-7-4-2-3-5-8-7;6-3-5-4-7-1-2-8-5;;;/h7-9H,2-6H2,1H3;1-2,4H,3,6H2;3*1H4. The SMILES string of the molecule is C.C.C.CS(=O)(=O)NCC1CCCCN1.NCc1cnccn1. The molecule has 1 saturated heterocycles. The van der Waals surface area contributed by atoms with E-state index in [0.29, 0.717) is 19.1 Å². The largest absolute Gasteiger partial charge is 0.325 e. The van der Waals surface area contributed by atoms with Gasteiger partial charge in [0.15, 0.2) is 0 Å². The lowest BCUT2D eigenvalue weighted by molar-refractivity contribution is 0.398. The van der Waals surface area contributed by atoms with Crippen LogP contribution in [0.3, 0.4) is 0 Å². The number of nitrogens with one attached hydrogen (secondary N) is 2. The highest BCUT2D eigenvalue weighted by Gasteiger charge is 2.13. The smallest absolute Gasteiger partial charge is 0.208 e. The third-order valence-corrected chi connectivity index (χ3v) is 3.52. The maximum absolute atomic E-state index is 10.7. The third kappa shape index (κ3) is 14.2. The van der Waals surface area contributed by atoms with Crippen molar-refractivity contribution in [2.75, 3.05) is 19.3 Å². The Kier molecular flexibility index (Phi) is 16.9. The Morgan fingerprint density at radius 3 is 2.39 bits per heavy atom. The summed E-state index contributed by atoms with van der Waals surface area (Å²) in [6, 6.07) is 0.327. The van der Waals surface area contributed by atoms with Gasteiger partial charge in [0.25, 0.3) is 0 Å². The number of aromatic nitrogens is 2. The second kappa shape index (κ2) is 14.5. The van der Waals surface area contributed by atoms with Crippen molar-refractivity contribution in [3.8, 4) is 0 Å². The molecule has 0 saturated carbocycles. The van der Waals surface area contributed by atoms with Gasteiger partial charge in [0.1, 0.15) is 0 Å². The van der Waals surface area contributed by atoms with E-state index in [2.05, 4.69) is 20.0 Å². The van der Waals surface area contributed by atoms with E-state index < -0.39 is 10.0 Å². The van der Waals surface area contributed by atoms with E-state index in [4.69, 9.17) is 5.73 Å². The molecular formula is C15H35N5O2S. The molecule has 8 heteroatoms. The Labute approximate surface area is 142 Å². The minimum Gasteiger partial charge on any atom is -0.325 e. The van der Waals surface area contributed by atoms with Crippen LogP contribution in [0.2, 0.25) is 0 Å². The fraction of sp³-hybridized carbons (Fsp3) is 0.733. The minimum atomic E-state index is -3.01. The van der Waals surface area contributed by atoms with Crippen molar-refractivity contribution in [1.29, 1.82) is 0 Å². The number of piperidine rings is 1. The average molecular weight is 350 g/mol. The van der Waals surface area contributed by atoms with Crippen LogP contribution in [0.1, 0.15) is 47.2 Å². The Bertz CT molecular complexity index is 462. The number of rotatable bonds is 4. The number of nitrogens with zero attached hydrogens (tertiary/aromatic N) is 2. The summed E-state index contributed by atoms with van der Waals surface area (Å²) < 4.78 is 24.0. The second-order valence-electron chi connectivity index (χ2n) is 4.67. The summed E-state index contributed by atoms with van der Waals surface area (Å²) in [7, 11) is -3.01. The Morgan fingerprint density at radius 2 is 2.00 bits per heavy atom. The highest BCUT2D eigenvalue weighted by Crippen LogP contribution is 2.05. The highest BCUT2D eigenvalue weighted by atomic mass is 32.2. The molecule has 1 atom stereocenters. The molecule has 0 aromatic carbocycles. The zero-order valence-electron chi connectivity index (χ0n) is 11.7. The molecule has 0 aliphatic carbocycles. The van der Waals surface area contributed by atoms with Crippen molar-refractivity contribution in [1.82, 2.24) is 20.0 Å². The van der Waals surface area contributed by atoms with E-state index >= 15 is 0 Å². The van der Waals surface area contributed by atoms with Crippen LogP contribution < -0.4 is 15.8 Å². The van der Waals surface area contributed by atoms with Gasteiger partial charge in [0.05, 0.1) is 11.9 Å². The predicted octanol–water partition coefficient (Wildman–Crippen LogP) is 1.52. The summed E-state index contributed by atoms with van der Waals surface area (Å²) in [6.45, 7) is 2.00. The normalized spacial score (nSPS) is 16.5. The van der Waals surface area contributed by atoms with E-state index in [1.165, 1.54) is 19.1 Å². The van der Waals surface area contributed by atoms with Crippen LogP contribution >= 0.6 is 0 Å². The third-order valence-electron chi connectivity index (χ3n) is 2.83. The molecule has 0 amide bonds. The molecule has 1 unspecified atom stereocenters. The van der Waals surface area contributed by atoms with Gasteiger partial charge in [-0.1, -0.05) is 28.7 Å². The van der Waals surface area contributed by atoms with Crippen LogP contribution in [0, 0.1) is 0 Å². The molecule has 1 aromatic heterocycles. The topological polar surface area (TPSA) is 110 Å². The number of nitrogens with two attached hydrogens (primary N) is 1. The molecule has 138 valence electrons. The van der Waals surface area contributed by atoms with Crippen LogP contribution in [0.25, 0.3) is 0 Å². The van der Waals surface area contributed by atoms with E-state index in [0.717, 1.165) is 18.7 Å². The Hall–Kier alpha value is -1.09. The highest BCUT2D eigenvalue weighted by molar-refractivity contribution is 7.88. The van der Waals surface area contributed by atoms with Gasteiger partial charge in [-0.2, -0.15) is 0 Å². The quantitative estimate of drug-likeness (QED) is 0.760. The second-order valence-corrected chi connectivity index (χ2v) is 6.50. The molecule has 1 aromatic rings. The summed E-state index contributed by atoms with van der Waals surface area (Å²) >= 11 is 0. The molecule has 4 N–H and O–H groups in total. The molecule has 1 fully saturated rings. The van der Waals surface area contributed by atoms with Gasteiger partial charge in [-0.25, -0.2) is 13.1 Å².